The van der Waals surface area contributed by atoms with Crippen molar-refractivity contribution in [2.45, 2.75) is 33.0 Å². The van der Waals surface area contributed by atoms with Gasteiger partial charge in [0.15, 0.2) is 5.96 Å². The van der Waals surface area contributed by atoms with Crippen molar-refractivity contribution in [3.05, 3.63) is 59.2 Å². The number of benzene rings is 2. The Labute approximate surface area is 179 Å². The van der Waals surface area contributed by atoms with Gasteiger partial charge in [0.2, 0.25) is 5.91 Å². The normalized spacial score (nSPS) is 11.7. The highest BCUT2D eigenvalue weighted by Gasteiger charge is 2.29. The molecule has 2 rings (SSSR count). The van der Waals surface area contributed by atoms with Crippen LogP contribution < -0.4 is 20.7 Å². The number of alkyl halides is 3. The molecule has 6 nitrogen and oxygen atoms in total. The first-order valence-electron chi connectivity index (χ1n) is 9.85. The van der Waals surface area contributed by atoms with Gasteiger partial charge in [0, 0.05) is 20.0 Å². The van der Waals surface area contributed by atoms with Crippen LogP contribution in [0.25, 0.3) is 0 Å². The summed E-state index contributed by atoms with van der Waals surface area (Å²) in [7, 11) is 1.53. The molecule has 0 aliphatic heterocycles. The minimum absolute atomic E-state index is 0.197. The van der Waals surface area contributed by atoms with Crippen molar-refractivity contribution in [3.8, 4) is 5.75 Å². The largest absolute Gasteiger partial charge is 0.495 e. The number of amides is 1. The molecule has 0 aromatic heterocycles. The lowest BCUT2D eigenvalue weighted by molar-refractivity contribution is -0.137. The Morgan fingerprint density at radius 1 is 1.06 bits per heavy atom. The van der Waals surface area contributed by atoms with Gasteiger partial charge in [0.05, 0.1) is 24.9 Å². The zero-order valence-electron chi connectivity index (χ0n) is 17.8. The van der Waals surface area contributed by atoms with Crippen molar-refractivity contribution in [3.63, 3.8) is 0 Å². The number of nitrogens with one attached hydrogen (secondary N) is 3. The number of halogens is 3. The Bertz CT molecular complexity index is 897. The molecule has 2 aromatic rings. The van der Waals surface area contributed by atoms with Gasteiger partial charge in [-0.1, -0.05) is 18.2 Å². The highest BCUT2D eigenvalue weighted by atomic mass is 19.4. The summed E-state index contributed by atoms with van der Waals surface area (Å²) in [4.78, 5) is 15.9. The third-order valence-corrected chi connectivity index (χ3v) is 4.33. The van der Waals surface area contributed by atoms with Crippen LogP contribution in [0.15, 0.2) is 47.5 Å². The molecule has 0 fully saturated rings. The molecule has 168 valence electrons. The van der Waals surface area contributed by atoms with Gasteiger partial charge in [0.1, 0.15) is 5.75 Å². The zero-order chi connectivity index (χ0) is 22.9. The molecule has 0 spiro atoms. The molecule has 31 heavy (non-hydrogen) atoms. The van der Waals surface area contributed by atoms with E-state index in [-0.39, 0.29) is 5.91 Å². The van der Waals surface area contributed by atoms with E-state index in [1.165, 1.54) is 26.2 Å². The molecule has 0 unspecified atom stereocenters. The molecular formula is C22H27F3N4O2. The highest BCUT2D eigenvalue weighted by Crippen LogP contribution is 2.29. The van der Waals surface area contributed by atoms with Gasteiger partial charge in [-0.25, -0.2) is 4.99 Å². The Morgan fingerprint density at radius 3 is 2.32 bits per heavy atom. The molecule has 1 amide bonds. The van der Waals surface area contributed by atoms with E-state index in [2.05, 4.69) is 20.9 Å². The fourth-order valence-electron chi connectivity index (χ4n) is 2.84. The van der Waals surface area contributed by atoms with E-state index in [1.807, 2.05) is 13.0 Å². The minimum Gasteiger partial charge on any atom is -0.495 e. The lowest BCUT2D eigenvalue weighted by Gasteiger charge is -2.13. The number of nitrogens with zero attached hydrogens (tertiary/aromatic N) is 1. The summed E-state index contributed by atoms with van der Waals surface area (Å²) in [5, 5.41) is 9.04. The molecule has 0 heterocycles. The number of methoxy groups -OCH3 is 1. The molecule has 0 saturated carbocycles. The number of carbonyl (C=O) groups excluding carboxylic acids is 1. The number of hydrogen-bond acceptors (Lipinski definition) is 3. The molecule has 0 bridgehead atoms. The maximum absolute atomic E-state index is 12.7. The highest BCUT2D eigenvalue weighted by molar-refractivity contribution is 5.90. The lowest BCUT2D eigenvalue weighted by atomic mass is 10.1. The Morgan fingerprint density at radius 2 is 1.74 bits per heavy atom. The van der Waals surface area contributed by atoms with E-state index >= 15 is 0 Å². The second kappa shape index (κ2) is 11.2. The first kappa shape index (κ1) is 24.0. The van der Waals surface area contributed by atoms with Crippen molar-refractivity contribution in [2.24, 2.45) is 4.99 Å². The Hall–Kier alpha value is -3.23. The number of aliphatic imine (C=N–C) groups is 1. The average molecular weight is 436 g/mol. The van der Waals surface area contributed by atoms with E-state index in [9.17, 15) is 18.0 Å². The smallest absolute Gasteiger partial charge is 0.416 e. The van der Waals surface area contributed by atoms with E-state index in [0.29, 0.717) is 43.5 Å². The number of hydrogen-bond donors (Lipinski definition) is 3. The lowest BCUT2D eigenvalue weighted by Crippen LogP contribution is -2.38. The van der Waals surface area contributed by atoms with Crippen molar-refractivity contribution in [2.75, 3.05) is 25.5 Å². The van der Waals surface area contributed by atoms with Crippen molar-refractivity contribution in [1.82, 2.24) is 10.6 Å². The van der Waals surface area contributed by atoms with Crippen LogP contribution in [-0.4, -0.2) is 32.1 Å². The summed E-state index contributed by atoms with van der Waals surface area (Å²) in [6, 6.07) is 10.6. The zero-order valence-corrected chi connectivity index (χ0v) is 17.8. The summed E-state index contributed by atoms with van der Waals surface area (Å²) in [5.41, 5.74) is 1.59. The van der Waals surface area contributed by atoms with Gasteiger partial charge in [0.25, 0.3) is 0 Å². The predicted octanol–water partition coefficient (Wildman–Crippen LogP) is 3.97. The molecule has 0 radical (unpaired) electrons. The van der Waals surface area contributed by atoms with Gasteiger partial charge in [-0.2, -0.15) is 13.2 Å². The maximum Gasteiger partial charge on any atom is 0.416 e. The van der Waals surface area contributed by atoms with E-state index < -0.39 is 11.7 Å². The summed E-state index contributed by atoms with van der Waals surface area (Å²) < 4.78 is 43.2. The minimum atomic E-state index is -4.33. The van der Waals surface area contributed by atoms with Crippen LogP contribution in [0.2, 0.25) is 0 Å². The quantitative estimate of drug-likeness (QED) is 0.432. The van der Waals surface area contributed by atoms with Crippen LogP contribution in [0.1, 0.15) is 30.5 Å². The van der Waals surface area contributed by atoms with Crippen molar-refractivity contribution < 1.29 is 22.7 Å². The molecule has 9 heteroatoms. The predicted molar refractivity (Wildman–Crippen MR) is 115 cm³/mol. The molecule has 3 N–H and O–H groups in total. The second-order valence-electron chi connectivity index (χ2n) is 6.78. The maximum atomic E-state index is 12.7. The summed E-state index contributed by atoms with van der Waals surface area (Å²) in [5.74, 6) is 0.952. The van der Waals surface area contributed by atoms with Crippen LogP contribution in [0, 0.1) is 0 Å². The van der Waals surface area contributed by atoms with Gasteiger partial charge < -0.3 is 20.7 Å². The van der Waals surface area contributed by atoms with E-state index in [4.69, 9.17) is 4.74 Å². The summed E-state index contributed by atoms with van der Waals surface area (Å²) >= 11 is 0. The van der Waals surface area contributed by atoms with Crippen LogP contribution in [0.3, 0.4) is 0 Å². The monoisotopic (exact) mass is 436 g/mol. The number of carbonyl (C=O) groups is 1. The summed E-state index contributed by atoms with van der Waals surface area (Å²) in [6.45, 7) is 4.90. The SMILES string of the molecule is CCNC(=NCc1ccc(OC)c(NC(C)=O)c1)NCCc1ccc(C(F)(F)F)cc1. The molecule has 0 aliphatic rings. The molecule has 0 atom stereocenters. The molecular weight excluding hydrogens is 409 g/mol. The Kier molecular flexibility index (Phi) is 8.72. The topological polar surface area (TPSA) is 74.8 Å². The van der Waals surface area contributed by atoms with E-state index in [0.717, 1.165) is 23.3 Å². The third-order valence-electron chi connectivity index (χ3n) is 4.33. The van der Waals surface area contributed by atoms with E-state index in [1.54, 1.807) is 12.1 Å². The number of ether oxygens (including phenoxy) is 1. The number of rotatable bonds is 8. The average Bonchev–Trinajstić information content (AvgIpc) is 2.71. The van der Waals surface area contributed by atoms with Gasteiger partial charge in [-0.15, -0.1) is 0 Å². The van der Waals surface area contributed by atoms with Gasteiger partial charge in [-0.05, 0) is 48.7 Å². The first-order valence-corrected chi connectivity index (χ1v) is 9.85. The number of guanidine groups is 1. The van der Waals surface area contributed by atoms with Crippen LogP contribution in [0.5, 0.6) is 5.75 Å². The molecule has 0 saturated heterocycles. The van der Waals surface area contributed by atoms with Gasteiger partial charge in [-0.3, -0.25) is 4.79 Å². The third kappa shape index (κ3) is 7.84. The fourth-order valence-corrected chi connectivity index (χ4v) is 2.84. The molecule has 2 aromatic carbocycles. The van der Waals surface area contributed by atoms with Crippen molar-refractivity contribution in [1.29, 1.82) is 0 Å². The first-order chi connectivity index (χ1) is 14.7. The second-order valence-corrected chi connectivity index (χ2v) is 6.78. The fraction of sp³-hybridized carbons (Fsp3) is 0.364. The van der Waals surface area contributed by atoms with Crippen LogP contribution >= 0.6 is 0 Å². The molecule has 0 aliphatic carbocycles. The standard InChI is InChI=1S/C22H27F3N4O2/c1-4-26-21(27-12-11-16-5-8-18(9-6-16)22(23,24)25)28-14-17-7-10-20(31-3)19(13-17)29-15(2)30/h5-10,13H,4,11-12,14H2,1-3H3,(H,29,30)(H2,26,27,28). The summed E-state index contributed by atoms with van der Waals surface area (Å²) in [6.07, 6.45) is -3.78. The van der Waals surface area contributed by atoms with Crippen molar-refractivity contribution >= 4 is 17.6 Å². The Balaban J connectivity index is 1.98. The van der Waals surface area contributed by atoms with Crippen LogP contribution in [0.4, 0.5) is 18.9 Å². The van der Waals surface area contributed by atoms with Gasteiger partial charge >= 0.3 is 6.18 Å². The number of anilines is 1. The van der Waals surface area contributed by atoms with Crippen LogP contribution in [-0.2, 0) is 23.9 Å².